The number of carbonyl (C=O) groups excluding carboxylic acids is 1. The van der Waals surface area contributed by atoms with Gasteiger partial charge >= 0.3 is 0 Å². The molecule has 1 rings (SSSR count). The number of benzene rings is 1. The Morgan fingerprint density at radius 2 is 2.27 bits per heavy atom. The third kappa shape index (κ3) is 3.04. The third-order valence-corrected chi connectivity index (χ3v) is 2.86. The number of carbonyl (C=O) groups is 1. The topological polar surface area (TPSA) is 40.5 Å². The number of aliphatic hydroxyl groups is 1. The number of aliphatic hydroxyl groups excluding tert-OH is 1. The molecule has 15 heavy (non-hydrogen) atoms. The summed E-state index contributed by atoms with van der Waals surface area (Å²) in [5.74, 6) is -0.0611. The Bertz CT molecular complexity index is 354. The minimum Gasteiger partial charge on any atom is -0.394 e. The number of likely N-dealkylation sites (N-methyl/N-ethyl adjacent to an activating group) is 1. The second-order valence-electron chi connectivity index (χ2n) is 3.38. The fourth-order valence-electron chi connectivity index (χ4n) is 1.38. The van der Waals surface area contributed by atoms with Crippen molar-refractivity contribution < 1.29 is 9.90 Å². The van der Waals surface area contributed by atoms with Gasteiger partial charge in [-0.2, -0.15) is 0 Å². The van der Waals surface area contributed by atoms with E-state index in [1.165, 1.54) is 11.8 Å². The van der Waals surface area contributed by atoms with E-state index >= 15 is 0 Å². The molecular formula is C11H14BrNO2. The first-order valence-corrected chi connectivity index (χ1v) is 5.45. The maximum Gasteiger partial charge on any atom is 0.219 e. The van der Waals surface area contributed by atoms with Crippen LogP contribution in [-0.4, -0.2) is 29.6 Å². The summed E-state index contributed by atoms with van der Waals surface area (Å²) in [6, 6.07) is 7.31. The molecule has 1 amide bonds. The number of amides is 1. The van der Waals surface area contributed by atoms with Crippen LogP contribution in [-0.2, 0) is 4.79 Å². The molecule has 3 nitrogen and oxygen atoms in total. The number of halogens is 1. The van der Waals surface area contributed by atoms with Gasteiger partial charge in [0.15, 0.2) is 0 Å². The molecule has 0 aliphatic carbocycles. The van der Waals surface area contributed by atoms with Gasteiger partial charge in [0.05, 0.1) is 12.6 Å². The summed E-state index contributed by atoms with van der Waals surface area (Å²) in [6.07, 6.45) is 0. The average molecular weight is 272 g/mol. The highest BCUT2D eigenvalue weighted by atomic mass is 79.9. The van der Waals surface area contributed by atoms with Crippen LogP contribution in [0.5, 0.6) is 0 Å². The highest BCUT2D eigenvalue weighted by molar-refractivity contribution is 9.10. The van der Waals surface area contributed by atoms with Crippen LogP contribution in [0.2, 0.25) is 0 Å². The van der Waals surface area contributed by atoms with Crippen LogP contribution in [0.4, 0.5) is 0 Å². The van der Waals surface area contributed by atoms with Crippen LogP contribution in [0, 0.1) is 0 Å². The van der Waals surface area contributed by atoms with E-state index in [0.29, 0.717) is 0 Å². The molecule has 82 valence electrons. The van der Waals surface area contributed by atoms with Crippen LogP contribution in [0.25, 0.3) is 0 Å². The average Bonchev–Trinajstić information content (AvgIpc) is 2.18. The molecule has 0 saturated heterocycles. The molecule has 0 bridgehead atoms. The summed E-state index contributed by atoms with van der Waals surface area (Å²) in [5, 5.41) is 9.28. The zero-order chi connectivity index (χ0) is 11.4. The summed E-state index contributed by atoms with van der Waals surface area (Å²) in [6.45, 7) is 1.41. The second kappa shape index (κ2) is 5.28. The number of nitrogens with zero attached hydrogens (tertiary/aromatic N) is 1. The smallest absolute Gasteiger partial charge is 0.219 e. The first-order chi connectivity index (χ1) is 7.06. The normalized spacial score (nSPS) is 12.3. The van der Waals surface area contributed by atoms with Crippen LogP contribution in [0.1, 0.15) is 18.5 Å². The van der Waals surface area contributed by atoms with Crippen molar-refractivity contribution >= 4 is 21.8 Å². The Morgan fingerprint density at radius 1 is 1.60 bits per heavy atom. The van der Waals surface area contributed by atoms with Gasteiger partial charge in [0.2, 0.25) is 5.91 Å². The molecule has 1 aromatic rings. The Labute approximate surface area is 97.8 Å². The van der Waals surface area contributed by atoms with Crippen LogP contribution in [0.15, 0.2) is 28.7 Å². The molecule has 0 fully saturated rings. The summed E-state index contributed by atoms with van der Waals surface area (Å²) in [4.78, 5) is 12.7. The maximum absolute atomic E-state index is 11.2. The van der Waals surface area contributed by atoms with Crippen LogP contribution in [0.3, 0.4) is 0 Å². The van der Waals surface area contributed by atoms with E-state index in [-0.39, 0.29) is 18.6 Å². The Kier molecular flexibility index (Phi) is 4.29. The minimum atomic E-state index is -0.278. The molecule has 0 aliphatic heterocycles. The van der Waals surface area contributed by atoms with Gasteiger partial charge in [-0.05, 0) is 17.7 Å². The molecule has 0 aromatic heterocycles. The second-order valence-corrected chi connectivity index (χ2v) is 4.30. The summed E-state index contributed by atoms with van der Waals surface area (Å²) in [5.41, 5.74) is 0.921. The fraction of sp³-hybridized carbons (Fsp3) is 0.364. The zero-order valence-electron chi connectivity index (χ0n) is 8.77. The van der Waals surface area contributed by atoms with Gasteiger partial charge in [0.25, 0.3) is 0 Å². The van der Waals surface area contributed by atoms with E-state index in [2.05, 4.69) is 15.9 Å². The lowest BCUT2D eigenvalue weighted by atomic mass is 10.1. The van der Waals surface area contributed by atoms with Gasteiger partial charge in [0.1, 0.15) is 0 Å². The van der Waals surface area contributed by atoms with Crippen molar-refractivity contribution in [1.29, 1.82) is 0 Å². The van der Waals surface area contributed by atoms with Gasteiger partial charge in [-0.25, -0.2) is 0 Å². The molecule has 0 heterocycles. The van der Waals surface area contributed by atoms with E-state index in [4.69, 9.17) is 0 Å². The maximum atomic E-state index is 11.2. The van der Waals surface area contributed by atoms with Gasteiger partial charge in [0, 0.05) is 18.4 Å². The quantitative estimate of drug-likeness (QED) is 0.913. The number of hydrogen-bond donors (Lipinski definition) is 1. The lowest BCUT2D eigenvalue weighted by Gasteiger charge is -2.25. The van der Waals surface area contributed by atoms with Crippen LogP contribution >= 0.6 is 15.9 Å². The largest absolute Gasteiger partial charge is 0.394 e. The Hall–Kier alpha value is -0.870. The van der Waals surface area contributed by atoms with Crippen molar-refractivity contribution in [2.75, 3.05) is 13.7 Å². The monoisotopic (exact) mass is 271 g/mol. The van der Waals surface area contributed by atoms with E-state index in [1.54, 1.807) is 7.05 Å². The highest BCUT2D eigenvalue weighted by Gasteiger charge is 2.18. The van der Waals surface area contributed by atoms with Gasteiger partial charge in [-0.15, -0.1) is 0 Å². The summed E-state index contributed by atoms with van der Waals surface area (Å²) < 4.78 is 0.940. The van der Waals surface area contributed by atoms with E-state index in [0.717, 1.165) is 10.0 Å². The number of hydrogen-bond acceptors (Lipinski definition) is 2. The summed E-state index contributed by atoms with van der Waals surface area (Å²) >= 11 is 3.36. The lowest BCUT2D eigenvalue weighted by molar-refractivity contribution is -0.130. The highest BCUT2D eigenvalue weighted by Crippen LogP contribution is 2.22. The first kappa shape index (κ1) is 12.2. The molecule has 0 spiro atoms. The number of rotatable bonds is 3. The van der Waals surface area contributed by atoms with Crippen molar-refractivity contribution in [3.05, 3.63) is 34.3 Å². The van der Waals surface area contributed by atoms with Crippen molar-refractivity contribution in [3.63, 3.8) is 0 Å². The van der Waals surface area contributed by atoms with Crippen molar-refractivity contribution in [3.8, 4) is 0 Å². The molecule has 0 radical (unpaired) electrons. The molecule has 0 saturated carbocycles. The van der Waals surface area contributed by atoms with Gasteiger partial charge < -0.3 is 10.0 Å². The predicted molar refractivity (Wildman–Crippen MR) is 62.4 cm³/mol. The minimum absolute atomic E-state index is 0.0611. The first-order valence-electron chi connectivity index (χ1n) is 4.66. The Morgan fingerprint density at radius 3 is 2.73 bits per heavy atom. The third-order valence-electron chi connectivity index (χ3n) is 2.37. The predicted octanol–water partition coefficient (Wildman–Crippen LogP) is 1.96. The molecular weight excluding hydrogens is 258 g/mol. The van der Waals surface area contributed by atoms with Crippen LogP contribution < -0.4 is 0 Å². The summed E-state index contributed by atoms with van der Waals surface area (Å²) in [7, 11) is 1.68. The van der Waals surface area contributed by atoms with Gasteiger partial charge in [-0.1, -0.05) is 28.1 Å². The van der Waals surface area contributed by atoms with Crippen molar-refractivity contribution in [1.82, 2.24) is 4.90 Å². The standard InChI is InChI=1S/C11H14BrNO2/c1-8(15)13(2)11(7-14)9-4-3-5-10(12)6-9/h3-6,11,14H,7H2,1-2H3. The molecule has 1 atom stereocenters. The molecule has 1 aromatic carbocycles. The van der Waals surface area contributed by atoms with Crippen molar-refractivity contribution in [2.45, 2.75) is 13.0 Å². The fourth-order valence-corrected chi connectivity index (χ4v) is 1.80. The molecule has 1 N–H and O–H groups in total. The molecule has 1 unspecified atom stereocenters. The van der Waals surface area contributed by atoms with E-state index in [1.807, 2.05) is 24.3 Å². The van der Waals surface area contributed by atoms with Crippen molar-refractivity contribution in [2.24, 2.45) is 0 Å². The SMILES string of the molecule is CC(=O)N(C)C(CO)c1cccc(Br)c1. The van der Waals surface area contributed by atoms with E-state index in [9.17, 15) is 9.90 Å². The zero-order valence-corrected chi connectivity index (χ0v) is 10.4. The Balaban J connectivity index is 2.97. The lowest BCUT2D eigenvalue weighted by Crippen LogP contribution is -2.31. The van der Waals surface area contributed by atoms with E-state index < -0.39 is 0 Å². The van der Waals surface area contributed by atoms with Gasteiger partial charge in [-0.3, -0.25) is 4.79 Å². The molecule has 4 heteroatoms. The molecule has 0 aliphatic rings.